The number of amides is 2. The molecule has 1 aromatic carbocycles. The van der Waals surface area contributed by atoms with Gasteiger partial charge in [0.15, 0.2) is 0 Å². The molecule has 0 saturated heterocycles. The number of alkyl carbamates (subject to hydrolysis) is 1. The minimum absolute atomic E-state index is 0.145. The first-order valence-corrected chi connectivity index (χ1v) is 7.76. The third kappa shape index (κ3) is 5.80. The summed E-state index contributed by atoms with van der Waals surface area (Å²) in [6, 6.07) is 9.55. The smallest absolute Gasteiger partial charge is 0.407 e. The third-order valence-electron chi connectivity index (χ3n) is 3.42. The number of hydrogen-bond acceptors (Lipinski definition) is 5. The summed E-state index contributed by atoms with van der Waals surface area (Å²) in [6.07, 6.45) is 0.985. The van der Waals surface area contributed by atoms with Crippen LogP contribution in [0.15, 0.2) is 36.5 Å². The molecular weight excluding hydrogens is 322 g/mol. The SMILES string of the molecule is COC(=O)NCC(=O)NCc1ccc(Oc2cc(C)ccc2C)nc1. The molecule has 1 aromatic heterocycles. The molecule has 0 bridgehead atoms. The van der Waals surface area contributed by atoms with Crippen molar-refractivity contribution in [3.8, 4) is 11.6 Å². The van der Waals surface area contributed by atoms with Crippen molar-refractivity contribution < 1.29 is 19.1 Å². The molecule has 2 rings (SSSR count). The number of nitrogens with zero attached hydrogens (tertiary/aromatic N) is 1. The molecule has 7 heteroatoms. The normalized spacial score (nSPS) is 10.0. The van der Waals surface area contributed by atoms with Crippen molar-refractivity contribution in [2.24, 2.45) is 0 Å². The zero-order valence-electron chi connectivity index (χ0n) is 14.5. The van der Waals surface area contributed by atoms with Gasteiger partial charge in [0.2, 0.25) is 11.8 Å². The Balaban J connectivity index is 1.86. The maximum atomic E-state index is 11.6. The van der Waals surface area contributed by atoms with Gasteiger partial charge in [-0.15, -0.1) is 0 Å². The van der Waals surface area contributed by atoms with E-state index < -0.39 is 6.09 Å². The molecule has 2 aromatic rings. The van der Waals surface area contributed by atoms with Crippen LogP contribution < -0.4 is 15.4 Å². The Bertz CT molecular complexity index is 744. The molecule has 25 heavy (non-hydrogen) atoms. The summed E-state index contributed by atoms with van der Waals surface area (Å²) in [4.78, 5) is 26.7. The Hall–Kier alpha value is -3.09. The average Bonchev–Trinajstić information content (AvgIpc) is 2.62. The maximum absolute atomic E-state index is 11.6. The molecule has 0 atom stereocenters. The third-order valence-corrected chi connectivity index (χ3v) is 3.42. The molecule has 0 radical (unpaired) electrons. The van der Waals surface area contributed by atoms with E-state index in [1.54, 1.807) is 12.3 Å². The van der Waals surface area contributed by atoms with Gasteiger partial charge in [0, 0.05) is 18.8 Å². The van der Waals surface area contributed by atoms with Gasteiger partial charge in [-0.2, -0.15) is 0 Å². The van der Waals surface area contributed by atoms with Crippen LogP contribution in [0.2, 0.25) is 0 Å². The number of carbonyl (C=O) groups excluding carboxylic acids is 2. The van der Waals surface area contributed by atoms with Crippen LogP contribution in [0, 0.1) is 13.8 Å². The van der Waals surface area contributed by atoms with E-state index in [0.29, 0.717) is 12.4 Å². The highest BCUT2D eigenvalue weighted by Gasteiger charge is 2.06. The second-order valence-corrected chi connectivity index (χ2v) is 5.50. The molecule has 1 heterocycles. The Labute approximate surface area is 146 Å². The zero-order valence-corrected chi connectivity index (χ0v) is 14.5. The van der Waals surface area contributed by atoms with Crippen molar-refractivity contribution in [1.82, 2.24) is 15.6 Å². The Kier molecular flexibility index (Phi) is 6.33. The minimum Gasteiger partial charge on any atom is -0.453 e. The van der Waals surface area contributed by atoms with Crippen molar-refractivity contribution in [3.05, 3.63) is 53.2 Å². The van der Waals surface area contributed by atoms with Gasteiger partial charge in [-0.05, 0) is 36.6 Å². The summed E-state index contributed by atoms with van der Waals surface area (Å²) >= 11 is 0. The highest BCUT2D eigenvalue weighted by atomic mass is 16.5. The highest BCUT2D eigenvalue weighted by Crippen LogP contribution is 2.24. The molecule has 0 aliphatic carbocycles. The first-order valence-electron chi connectivity index (χ1n) is 7.76. The second-order valence-electron chi connectivity index (χ2n) is 5.50. The monoisotopic (exact) mass is 343 g/mol. The lowest BCUT2D eigenvalue weighted by Crippen LogP contribution is -2.36. The van der Waals surface area contributed by atoms with Crippen LogP contribution in [0.5, 0.6) is 11.6 Å². The van der Waals surface area contributed by atoms with Gasteiger partial charge in [-0.1, -0.05) is 18.2 Å². The summed E-state index contributed by atoms with van der Waals surface area (Å²) in [5.74, 6) is 0.930. The quantitative estimate of drug-likeness (QED) is 0.841. The number of pyridine rings is 1. The molecule has 7 nitrogen and oxygen atoms in total. The molecule has 0 saturated carbocycles. The van der Waals surface area contributed by atoms with Gasteiger partial charge >= 0.3 is 6.09 Å². The van der Waals surface area contributed by atoms with Crippen LogP contribution in [0.25, 0.3) is 0 Å². The molecule has 0 unspecified atom stereocenters. The number of benzene rings is 1. The number of methoxy groups -OCH3 is 1. The lowest BCUT2D eigenvalue weighted by atomic mass is 10.1. The molecule has 0 spiro atoms. The van der Waals surface area contributed by atoms with Gasteiger partial charge in [-0.25, -0.2) is 9.78 Å². The van der Waals surface area contributed by atoms with Crippen LogP contribution in [0.3, 0.4) is 0 Å². The number of hydrogen-bond donors (Lipinski definition) is 2. The Morgan fingerprint density at radius 2 is 1.92 bits per heavy atom. The average molecular weight is 343 g/mol. The van der Waals surface area contributed by atoms with Gasteiger partial charge in [0.1, 0.15) is 12.3 Å². The number of aryl methyl sites for hydroxylation is 2. The maximum Gasteiger partial charge on any atom is 0.407 e. The van der Waals surface area contributed by atoms with Crippen LogP contribution in [-0.4, -0.2) is 30.6 Å². The van der Waals surface area contributed by atoms with Gasteiger partial charge in [0.25, 0.3) is 0 Å². The van der Waals surface area contributed by atoms with E-state index in [0.717, 1.165) is 22.4 Å². The van der Waals surface area contributed by atoms with E-state index in [4.69, 9.17) is 4.74 Å². The van der Waals surface area contributed by atoms with E-state index in [1.165, 1.54) is 7.11 Å². The molecule has 132 valence electrons. The number of rotatable bonds is 6. The first-order chi connectivity index (χ1) is 12.0. The van der Waals surface area contributed by atoms with Crippen molar-refractivity contribution in [2.75, 3.05) is 13.7 Å². The van der Waals surface area contributed by atoms with Crippen LogP contribution in [0.4, 0.5) is 4.79 Å². The molecule has 0 fully saturated rings. The van der Waals surface area contributed by atoms with Crippen LogP contribution >= 0.6 is 0 Å². The number of ether oxygens (including phenoxy) is 2. The van der Waals surface area contributed by atoms with E-state index >= 15 is 0 Å². The highest BCUT2D eigenvalue weighted by molar-refractivity contribution is 5.81. The second kappa shape index (κ2) is 8.68. The Morgan fingerprint density at radius 1 is 1.12 bits per heavy atom. The molecule has 2 N–H and O–H groups in total. The van der Waals surface area contributed by atoms with Crippen molar-refractivity contribution in [3.63, 3.8) is 0 Å². The Morgan fingerprint density at radius 3 is 2.60 bits per heavy atom. The lowest BCUT2D eigenvalue weighted by molar-refractivity contribution is -0.120. The van der Waals surface area contributed by atoms with Crippen LogP contribution in [-0.2, 0) is 16.1 Å². The van der Waals surface area contributed by atoms with Crippen molar-refractivity contribution in [1.29, 1.82) is 0 Å². The summed E-state index contributed by atoms with van der Waals surface area (Å²) < 4.78 is 10.2. The van der Waals surface area contributed by atoms with E-state index in [2.05, 4.69) is 20.4 Å². The predicted molar refractivity (Wildman–Crippen MR) is 92.5 cm³/mol. The lowest BCUT2D eigenvalue weighted by Gasteiger charge is -2.10. The van der Waals surface area contributed by atoms with E-state index in [-0.39, 0.29) is 12.5 Å². The number of nitrogens with one attached hydrogen (secondary N) is 2. The topological polar surface area (TPSA) is 89.5 Å². The van der Waals surface area contributed by atoms with Gasteiger partial charge < -0.3 is 20.1 Å². The summed E-state index contributed by atoms with van der Waals surface area (Å²) in [7, 11) is 1.24. The fraction of sp³-hybridized carbons (Fsp3) is 0.278. The van der Waals surface area contributed by atoms with Crippen molar-refractivity contribution in [2.45, 2.75) is 20.4 Å². The van der Waals surface area contributed by atoms with Crippen molar-refractivity contribution >= 4 is 12.0 Å². The van der Waals surface area contributed by atoms with Gasteiger partial charge in [-0.3, -0.25) is 4.79 Å². The summed E-state index contributed by atoms with van der Waals surface area (Å²) in [5, 5.41) is 4.98. The van der Waals surface area contributed by atoms with Gasteiger partial charge in [0.05, 0.1) is 7.11 Å². The number of aromatic nitrogens is 1. The van der Waals surface area contributed by atoms with E-state index in [1.807, 2.05) is 38.1 Å². The fourth-order valence-electron chi connectivity index (χ4n) is 1.99. The fourth-order valence-corrected chi connectivity index (χ4v) is 1.99. The standard InChI is InChI=1S/C18H21N3O4/c1-12-4-5-13(2)15(8-12)25-17-7-6-14(10-20-17)9-19-16(22)11-21-18(23)24-3/h4-8,10H,9,11H2,1-3H3,(H,19,22)(H,21,23). The number of carbonyl (C=O) groups is 2. The minimum atomic E-state index is -0.648. The molecule has 0 aliphatic heterocycles. The van der Waals surface area contributed by atoms with Crippen LogP contribution in [0.1, 0.15) is 16.7 Å². The summed E-state index contributed by atoms with van der Waals surface area (Å²) in [6.45, 7) is 4.13. The largest absolute Gasteiger partial charge is 0.453 e. The molecule has 2 amide bonds. The summed E-state index contributed by atoms with van der Waals surface area (Å²) in [5.41, 5.74) is 2.96. The predicted octanol–water partition coefficient (Wildman–Crippen LogP) is 2.46. The first kappa shape index (κ1) is 18.3. The van der Waals surface area contributed by atoms with E-state index in [9.17, 15) is 9.59 Å². The molecule has 0 aliphatic rings. The zero-order chi connectivity index (χ0) is 18.2. The molecular formula is C18H21N3O4.